The molecule has 0 radical (unpaired) electrons. The number of nitrogens with zero attached hydrogens (tertiary/aromatic N) is 5. The van der Waals surface area contributed by atoms with Gasteiger partial charge in [0.15, 0.2) is 17.3 Å². The van der Waals surface area contributed by atoms with E-state index in [4.69, 9.17) is 10.5 Å². The van der Waals surface area contributed by atoms with E-state index in [0.717, 1.165) is 36.1 Å². The number of aromatic nitrogens is 4. The van der Waals surface area contributed by atoms with Crippen molar-refractivity contribution < 1.29 is 9.13 Å². The summed E-state index contributed by atoms with van der Waals surface area (Å²) in [6.45, 7) is 4.53. The van der Waals surface area contributed by atoms with E-state index in [0.29, 0.717) is 35.6 Å². The Morgan fingerprint density at radius 1 is 1.19 bits per heavy atom. The van der Waals surface area contributed by atoms with E-state index in [1.807, 2.05) is 28.7 Å². The van der Waals surface area contributed by atoms with Crippen molar-refractivity contribution in [3.63, 3.8) is 0 Å². The summed E-state index contributed by atoms with van der Waals surface area (Å²) in [6.07, 6.45) is 3.57. The number of ether oxygens (including phenoxy) is 1. The van der Waals surface area contributed by atoms with Gasteiger partial charge in [-0.1, -0.05) is 24.3 Å². The second-order valence-corrected chi connectivity index (χ2v) is 8.48. The van der Waals surface area contributed by atoms with Gasteiger partial charge in [-0.25, -0.2) is 9.37 Å². The van der Waals surface area contributed by atoms with E-state index in [9.17, 15) is 0 Å². The third-order valence-electron chi connectivity index (χ3n) is 6.40. The standard InChI is InChI=1S/C24H27FN6O/c1-15(30-11-9-19(26)14-30)18-6-8-21-28-29-24(31(21)13-18)20-7-5-17-4-3-16(10-12-32-2)22(25)23(17)27-20/h3-8,13,15,19H,9-12,14,26H2,1-2H3/t15-,19-/m0/s1. The summed E-state index contributed by atoms with van der Waals surface area (Å²) in [5.41, 5.74) is 9.49. The first-order chi connectivity index (χ1) is 15.5. The first-order valence-corrected chi connectivity index (χ1v) is 11.0. The van der Waals surface area contributed by atoms with E-state index < -0.39 is 0 Å². The monoisotopic (exact) mass is 434 g/mol. The highest BCUT2D eigenvalue weighted by molar-refractivity contribution is 5.82. The Labute approximate surface area is 186 Å². The zero-order chi connectivity index (χ0) is 22.2. The molecule has 1 saturated heterocycles. The van der Waals surface area contributed by atoms with Crippen molar-refractivity contribution in [3.05, 3.63) is 59.5 Å². The normalized spacial score (nSPS) is 18.1. The third-order valence-corrected chi connectivity index (χ3v) is 6.40. The van der Waals surface area contributed by atoms with Crippen LogP contribution in [0.1, 0.15) is 30.5 Å². The predicted molar refractivity (Wildman–Crippen MR) is 122 cm³/mol. The number of hydrogen-bond acceptors (Lipinski definition) is 6. The van der Waals surface area contributed by atoms with Gasteiger partial charge in [-0.15, -0.1) is 10.2 Å². The van der Waals surface area contributed by atoms with Crippen molar-refractivity contribution >= 4 is 16.6 Å². The van der Waals surface area contributed by atoms with Crippen LogP contribution in [0.25, 0.3) is 28.1 Å². The van der Waals surface area contributed by atoms with Gasteiger partial charge < -0.3 is 10.5 Å². The van der Waals surface area contributed by atoms with Crippen molar-refractivity contribution in [3.8, 4) is 11.5 Å². The highest BCUT2D eigenvalue weighted by Gasteiger charge is 2.25. The molecule has 7 nitrogen and oxygen atoms in total. The Morgan fingerprint density at radius 3 is 2.81 bits per heavy atom. The molecule has 3 aromatic heterocycles. The lowest BCUT2D eigenvalue weighted by Gasteiger charge is -2.24. The molecule has 8 heteroatoms. The van der Waals surface area contributed by atoms with Crippen molar-refractivity contribution in [1.29, 1.82) is 0 Å². The van der Waals surface area contributed by atoms with Crippen molar-refractivity contribution in [2.45, 2.75) is 31.8 Å². The second kappa shape index (κ2) is 8.54. The van der Waals surface area contributed by atoms with Gasteiger partial charge in [0.2, 0.25) is 0 Å². The minimum atomic E-state index is -0.310. The Morgan fingerprint density at radius 2 is 2.03 bits per heavy atom. The molecule has 2 N–H and O–H groups in total. The molecule has 4 aromatic rings. The molecule has 0 bridgehead atoms. The largest absolute Gasteiger partial charge is 0.384 e. The molecular weight excluding hydrogens is 407 g/mol. The molecule has 0 amide bonds. The third kappa shape index (κ3) is 3.74. The number of nitrogens with two attached hydrogens (primary N) is 1. The molecule has 2 atom stereocenters. The van der Waals surface area contributed by atoms with Gasteiger partial charge in [-0.05, 0) is 43.0 Å². The van der Waals surface area contributed by atoms with E-state index >= 15 is 4.39 Å². The van der Waals surface area contributed by atoms with Crippen molar-refractivity contribution in [2.75, 3.05) is 26.8 Å². The maximum Gasteiger partial charge on any atom is 0.187 e. The van der Waals surface area contributed by atoms with Crippen LogP contribution >= 0.6 is 0 Å². The highest BCUT2D eigenvalue weighted by Crippen LogP contribution is 2.27. The van der Waals surface area contributed by atoms with Gasteiger partial charge in [-0.3, -0.25) is 9.30 Å². The maximum absolute atomic E-state index is 15.1. The van der Waals surface area contributed by atoms with Crippen molar-refractivity contribution in [2.24, 2.45) is 5.73 Å². The van der Waals surface area contributed by atoms with Crippen LogP contribution in [0.5, 0.6) is 0 Å². The summed E-state index contributed by atoms with van der Waals surface area (Å²) in [7, 11) is 1.61. The first-order valence-electron chi connectivity index (χ1n) is 11.0. The van der Waals surface area contributed by atoms with Crippen molar-refractivity contribution in [1.82, 2.24) is 24.5 Å². The molecule has 32 heavy (non-hydrogen) atoms. The fraction of sp³-hybridized carbons (Fsp3) is 0.375. The SMILES string of the molecule is COCCc1ccc2ccc(-c3nnc4ccc([C@H](C)N5CC[C@H](N)C5)cn34)nc2c1F. The predicted octanol–water partition coefficient (Wildman–Crippen LogP) is 3.37. The first kappa shape index (κ1) is 20.9. The second-order valence-electron chi connectivity index (χ2n) is 8.48. The summed E-state index contributed by atoms with van der Waals surface area (Å²) in [5, 5.41) is 9.40. The fourth-order valence-corrected chi connectivity index (χ4v) is 4.43. The lowest BCUT2D eigenvalue weighted by Crippen LogP contribution is -2.28. The molecule has 5 rings (SSSR count). The Hall–Kier alpha value is -2.94. The average Bonchev–Trinajstić information content (AvgIpc) is 3.44. The number of fused-ring (bicyclic) bond motifs is 2. The number of rotatable bonds is 6. The molecule has 1 aliphatic rings. The van der Waals surface area contributed by atoms with E-state index in [2.05, 4.69) is 39.3 Å². The zero-order valence-corrected chi connectivity index (χ0v) is 18.3. The molecule has 0 aliphatic carbocycles. The van der Waals surface area contributed by atoms with Crippen LogP contribution in [0.3, 0.4) is 0 Å². The maximum atomic E-state index is 15.1. The average molecular weight is 435 g/mol. The Balaban J connectivity index is 1.54. The number of halogens is 1. The topological polar surface area (TPSA) is 81.6 Å². The molecule has 0 spiro atoms. The number of likely N-dealkylation sites (tertiary alicyclic amines) is 1. The lowest BCUT2D eigenvalue weighted by atomic mass is 10.1. The summed E-state index contributed by atoms with van der Waals surface area (Å²) in [5.74, 6) is 0.283. The van der Waals surface area contributed by atoms with Crippen LogP contribution in [-0.2, 0) is 11.2 Å². The summed E-state index contributed by atoms with van der Waals surface area (Å²) >= 11 is 0. The van der Waals surface area contributed by atoms with E-state index in [-0.39, 0.29) is 17.9 Å². The number of methoxy groups -OCH3 is 1. The minimum Gasteiger partial charge on any atom is -0.384 e. The molecule has 1 aromatic carbocycles. The highest BCUT2D eigenvalue weighted by atomic mass is 19.1. The number of pyridine rings is 2. The van der Waals surface area contributed by atoms with Crippen LogP contribution in [0.15, 0.2) is 42.6 Å². The van der Waals surface area contributed by atoms with Crippen LogP contribution in [0.4, 0.5) is 4.39 Å². The van der Waals surface area contributed by atoms with Gasteiger partial charge in [0.1, 0.15) is 11.2 Å². The fourth-order valence-electron chi connectivity index (χ4n) is 4.43. The van der Waals surface area contributed by atoms with Gasteiger partial charge in [-0.2, -0.15) is 0 Å². The molecule has 0 saturated carbocycles. The summed E-state index contributed by atoms with van der Waals surface area (Å²) in [6, 6.07) is 11.9. The molecule has 1 aliphatic heterocycles. The summed E-state index contributed by atoms with van der Waals surface area (Å²) in [4.78, 5) is 7.02. The van der Waals surface area contributed by atoms with E-state index in [1.165, 1.54) is 0 Å². The smallest absolute Gasteiger partial charge is 0.187 e. The molecular formula is C24H27FN6O. The van der Waals surface area contributed by atoms with E-state index in [1.54, 1.807) is 13.2 Å². The van der Waals surface area contributed by atoms with Gasteiger partial charge in [0.25, 0.3) is 0 Å². The lowest BCUT2D eigenvalue weighted by molar-refractivity contribution is 0.201. The van der Waals surface area contributed by atoms with Gasteiger partial charge in [0.05, 0.1) is 6.61 Å². The number of hydrogen-bond donors (Lipinski definition) is 1. The van der Waals surface area contributed by atoms with Gasteiger partial charge >= 0.3 is 0 Å². The minimum absolute atomic E-state index is 0.230. The molecule has 0 unspecified atom stereocenters. The molecule has 4 heterocycles. The van der Waals surface area contributed by atoms with Crippen LogP contribution in [-0.4, -0.2) is 57.3 Å². The molecule has 1 fully saturated rings. The zero-order valence-electron chi connectivity index (χ0n) is 18.3. The van der Waals surface area contributed by atoms with Crippen LogP contribution < -0.4 is 5.73 Å². The summed E-state index contributed by atoms with van der Waals surface area (Å²) < 4.78 is 22.2. The van der Waals surface area contributed by atoms with Crippen LogP contribution in [0, 0.1) is 5.82 Å². The molecule has 166 valence electrons. The van der Waals surface area contributed by atoms with Crippen LogP contribution in [0.2, 0.25) is 0 Å². The quantitative estimate of drug-likeness (QED) is 0.501. The Kier molecular flexibility index (Phi) is 5.58. The van der Waals surface area contributed by atoms with Gasteiger partial charge in [0, 0.05) is 43.9 Å². The number of benzene rings is 1. The Bertz CT molecular complexity index is 1270.